The third-order valence-corrected chi connectivity index (χ3v) is 3.71. The van der Waals surface area contributed by atoms with E-state index in [4.69, 9.17) is 4.74 Å². The molecule has 2 aliphatic rings. The Bertz CT molecular complexity index is 340. The van der Waals surface area contributed by atoms with Crippen LogP contribution < -0.4 is 5.32 Å². The number of likely N-dealkylation sites (tertiary alicyclic amines) is 1. The number of aliphatic hydroxyl groups is 1. The molecule has 0 aromatic carbocycles. The predicted octanol–water partition coefficient (Wildman–Crippen LogP) is 1.11. The minimum atomic E-state index is -0.505. The van der Waals surface area contributed by atoms with Crippen LogP contribution in [-0.2, 0) is 4.74 Å². The largest absolute Gasteiger partial charge is 0.444 e. The molecule has 0 aliphatic carbocycles. The maximum absolute atomic E-state index is 12.0. The van der Waals surface area contributed by atoms with Crippen LogP contribution in [0.5, 0.6) is 0 Å². The van der Waals surface area contributed by atoms with Gasteiger partial charge in [-0.15, -0.1) is 0 Å². The van der Waals surface area contributed by atoms with Gasteiger partial charge in [-0.25, -0.2) is 4.79 Å². The van der Waals surface area contributed by atoms with Gasteiger partial charge >= 0.3 is 6.09 Å². The van der Waals surface area contributed by atoms with E-state index >= 15 is 0 Å². The summed E-state index contributed by atoms with van der Waals surface area (Å²) in [5.74, 6) is 0. The molecule has 2 heterocycles. The van der Waals surface area contributed by atoms with Gasteiger partial charge in [0, 0.05) is 12.6 Å². The van der Waals surface area contributed by atoms with Crippen molar-refractivity contribution in [1.29, 1.82) is 0 Å². The Morgan fingerprint density at radius 3 is 2.67 bits per heavy atom. The molecule has 18 heavy (non-hydrogen) atoms. The number of rotatable bonds is 0. The molecule has 5 heteroatoms. The van der Waals surface area contributed by atoms with Gasteiger partial charge in [0.2, 0.25) is 0 Å². The number of β-amino-alcohol motifs (C(OH)–C–C–N with tert-alkyl or cyclic N) is 1. The lowest BCUT2D eigenvalue weighted by molar-refractivity contribution is 0.0269. The minimum Gasteiger partial charge on any atom is -0.444 e. The quantitative estimate of drug-likeness (QED) is 0.681. The molecular formula is C13H24N2O3. The summed E-state index contributed by atoms with van der Waals surface area (Å²) in [5, 5.41) is 13.6. The zero-order valence-corrected chi connectivity index (χ0v) is 11.7. The Kier molecular flexibility index (Phi) is 3.32. The van der Waals surface area contributed by atoms with Crippen molar-refractivity contribution in [3.63, 3.8) is 0 Å². The molecule has 0 radical (unpaired) electrons. The summed E-state index contributed by atoms with van der Waals surface area (Å²) >= 11 is 0. The summed E-state index contributed by atoms with van der Waals surface area (Å²) in [6.07, 6.45) is 1.11. The van der Waals surface area contributed by atoms with Gasteiger partial charge in [-0.2, -0.15) is 0 Å². The van der Waals surface area contributed by atoms with E-state index in [0.29, 0.717) is 19.1 Å². The number of nitrogens with one attached hydrogen (secondary N) is 1. The average Bonchev–Trinajstić information content (AvgIpc) is 2.71. The predicted molar refractivity (Wildman–Crippen MR) is 68.4 cm³/mol. The van der Waals surface area contributed by atoms with Gasteiger partial charge in [-0.3, -0.25) is 0 Å². The molecule has 104 valence electrons. The Morgan fingerprint density at radius 2 is 2.17 bits per heavy atom. The van der Waals surface area contributed by atoms with Crippen molar-refractivity contribution < 1.29 is 14.6 Å². The van der Waals surface area contributed by atoms with Crippen LogP contribution >= 0.6 is 0 Å². The van der Waals surface area contributed by atoms with E-state index in [2.05, 4.69) is 12.2 Å². The highest BCUT2D eigenvalue weighted by Gasteiger charge is 2.51. The highest BCUT2D eigenvalue weighted by molar-refractivity contribution is 5.69. The monoisotopic (exact) mass is 256 g/mol. The Hall–Kier alpha value is -0.810. The molecule has 2 rings (SSSR count). The Labute approximate surface area is 108 Å². The molecule has 2 N–H and O–H groups in total. The number of carbonyl (C=O) groups excluding carboxylic acids is 1. The van der Waals surface area contributed by atoms with Crippen molar-refractivity contribution >= 4 is 6.09 Å². The number of hydrogen-bond donors (Lipinski definition) is 2. The number of nitrogens with zero attached hydrogens (tertiary/aromatic N) is 1. The van der Waals surface area contributed by atoms with E-state index in [1.807, 2.05) is 20.8 Å². The Morgan fingerprint density at radius 1 is 1.50 bits per heavy atom. The van der Waals surface area contributed by atoms with Gasteiger partial charge < -0.3 is 20.1 Å². The van der Waals surface area contributed by atoms with Crippen molar-refractivity contribution in [3.05, 3.63) is 0 Å². The summed E-state index contributed by atoms with van der Waals surface area (Å²) in [6.45, 7) is 8.55. The van der Waals surface area contributed by atoms with E-state index in [1.54, 1.807) is 4.90 Å². The summed E-state index contributed by atoms with van der Waals surface area (Å²) in [4.78, 5) is 13.6. The van der Waals surface area contributed by atoms with Crippen molar-refractivity contribution in [3.8, 4) is 0 Å². The van der Waals surface area contributed by atoms with E-state index < -0.39 is 11.7 Å². The normalized spacial score (nSPS) is 36.4. The topological polar surface area (TPSA) is 61.8 Å². The van der Waals surface area contributed by atoms with Crippen LogP contribution in [0.1, 0.15) is 40.5 Å². The first kappa shape index (κ1) is 13.6. The highest BCUT2D eigenvalue weighted by atomic mass is 16.6. The lowest BCUT2D eigenvalue weighted by atomic mass is 9.94. The standard InChI is InChI=1S/C13H24N2O3/c1-9-5-6-13(14-9)8-15(7-10(13)16)11(17)18-12(2,3)4/h9-10,14,16H,5-8H2,1-4H3. The summed E-state index contributed by atoms with van der Waals surface area (Å²) in [5.41, 5.74) is -0.815. The van der Waals surface area contributed by atoms with Crippen molar-refractivity contribution in [2.45, 2.75) is 63.8 Å². The van der Waals surface area contributed by atoms with Crippen LogP contribution in [-0.4, -0.2) is 52.5 Å². The second kappa shape index (κ2) is 4.38. The summed E-state index contributed by atoms with van der Waals surface area (Å²) < 4.78 is 5.35. The number of carbonyl (C=O) groups is 1. The van der Waals surface area contributed by atoms with Crippen LogP contribution in [0.2, 0.25) is 0 Å². The maximum atomic E-state index is 12.0. The third kappa shape index (κ3) is 2.62. The van der Waals surface area contributed by atoms with Crippen LogP contribution in [0.4, 0.5) is 4.79 Å². The molecule has 2 aliphatic heterocycles. The molecule has 2 fully saturated rings. The first-order valence-electron chi connectivity index (χ1n) is 6.65. The van der Waals surface area contributed by atoms with E-state index in [1.165, 1.54) is 0 Å². The number of ether oxygens (including phenoxy) is 1. The van der Waals surface area contributed by atoms with Gasteiger partial charge in [0.05, 0.1) is 18.2 Å². The highest BCUT2D eigenvalue weighted by Crippen LogP contribution is 2.33. The number of aliphatic hydroxyl groups excluding tert-OH is 1. The van der Waals surface area contributed by atoms with Gasteiger partial charge in [-0.1, -0.05) is 0 Å². The molecule has 3 unspecified atom stereocenters. The van der Waals surface area contributed by atoms with E-state index in [9.17, 15) is 9.90 Å². The molecule has 1 amide bonds. The van der Waals surface area contributed by atoms with Crippen molar-refractivity contribution in [1.82, 2.24) is 10.2 Å². The minimum absolute atomic E-state index is 0.323. The van der Waals surface area contributed by atoms with E-state index in [0.717, 1.165) is 12.8 Å². The Balaban J connectivity index is 2.01. The molecule has 0 aromatic heterocycles. The first-order chi connectivity index (χ1) is 8.22. The van der Waals surface area contributed by atoms with Crippen molar-refractivity contribution in [2.75, 3.05) is 13.1 Å². The molecule has 0 bridgehead atoms. The first-order valence-corrected chi connectivity index (χ1v) is 6.65. The fourth-order valence-corrected chi connectivity index (χ4v) is 2.86. The van der Waals surface area contributed by atoms with Crippen molar-refractivity contribution in [2.24, 2.45) is 0 Å². The zero-order valence-electron chi connectivity index (χ0n) is 11.7. The average molecular weight is 256 g/mol. The number of amides is 1. The summed E-state index contributed by atoms with van der Waals surface area (Å²) in [7, 11) is 0. The summed E-state index contributed by atoms with van der Waals surface area (Å²) in [6, 6.07) is 0.401. The molecule has 0 aromatic rings. The maximum Gasteiger partial charge on any atom is 0.410 e. The third-order valence-electron chi connectivity index (χ3n) is 3.71. The van der Waals surface area contributed by atoms with Crippen LogP contribution in [0.15, 0.2) is 0 Å². The van der Waals surface area contributed by atoms with Gasteiger partial charge in [0.15, 0.2) is 0 Å². The lowest BCUT2D eigenvalue weighted by Crippen LogP contribution is -2.52. The fourth-order valence-electron chi connectivity index (χ4n) is 2.86. The van der Waals surface area contributed by atoms with Crippen LogP contribution in [0.3, 0.4) is 0 Å². The van der Waals surface area contributed by atoms with Gasteiger partial charge in [0.25, 0.3) is 0 Å². The van der Waals surface area contributed by atoms with E-state index in [-0.39, 0.29) is 11.6 Å². The molecule has 5 nitrogen and oxygen atoms in total. The second-order valence-electron chi connectivity index (χ2n) is 6.62. The molecule has 3 atom stereocenters. The zero-order chi connectivity index (χ0) is 13.6. The molecular weight excluding hydrogens is 232 g/mol. The molecule has 2 saturated heterocycles. The van der Waals surface area contributed by atoms with Gasteiger partial charge in [-0.05, 0) is 40.5 Å². The van der Waals surface area contributed by atoms with Gasteiger partial charge in [0.1, 0.15) is 5.60 Å². The molecule has 0 saturated carbocycles. The van der Waals surface area contributed by atoms with Crippen LogP contribution in [0, 0.1) is 0 Å². The number of hydrogen-bond acceptors (Lipinski definition) is 4. The fraction of sp³-hybridized carbons (Fsp3) is 0.923. The smallest absolute Gasteiger partial charge is 0.410 e. The SMILES string of the molecule is CC1CCC2(CN(C(=O)OC(C)(C)C)CC2O)N1. The van der Waals surface area contributed by atoms with Crippen LogP contribution in [0.25, 0.3) is 0 Å². The lowest BCUT2D eigenvalue weighted by Gasteiger charge is -2.28. The second-order valence-corrected chi connectivity index (χ2v) is 6.62. The molecule has 1 spiro atoms.